The van der Waals surface area contributed by atoms with Crippen molar-refractivity contribution >= 4 is 36.4 Å². The molecule has 0 radical (unpaired) electrons. The number of nitrogens with two attached hydrogens (primary N) is 1. The van der Waals surface area contributed by atoms with Gasteiger partial charge in [0.15, 0.2) is 11.5 Å². The molecule has 14 heteroatoms. The SMILES string of the molecule is CC(C)OC(=O)C(C)(C)NP(=O)(CO[C@H](C)Cn1cnc2c(N)ncnc21)N[C@H](C)C(=O)OC1CCC1. The zero-order chi connectivity index (χ0) is 27.4. The fraction of sp³-hybridized carbons (Fsp3) is 0.696. The monoisotopic (exact) mass is 539 g/mol. The van der Waals surface area contributed by atoms with Crippen molar-refractivity contribution in [2.24, 2.45) is 0 Å². The predicted molar refractivity (Wildman–Crippen MR) is 138 cm³/mol. The molecule has 0 spiro atoms. The molecule has 206 valence electrons. The van der Waals surface area contributed by atoms with Crippen LogP contribution in [0.4, 0.5) is 5.82 Å². The van der Waals surface area contributed by atoms with E-state index in [1.165, 1.54) is 6.33 Å². The second-order valence-electron chi connectivity index (χ2n) is 10.2. The number of carbonyl (C=O) groups is 2. The number of imidazole rings is 1. The van der Waals surface area contributed by atoms with E-state index in [9.17, 15) is 14.2 Å². The molecule has 0 aromatic carbocycles. The molecule has 0 bridgehead atoms. The van der Waals surface area contributed by atoms with E-state index in [1.54, 1.807) is 52.4 Å². The summed E-state index contributed by atoms with van der Waals surface area (Å²) in [5, 5.41) is 5.72. The molecular weight excluding hydrogens is 501 g/mol. The Bertz CT molecular complexity index is 1150. The highest BCUT2D eigenvalue weighted by Gasteiger charge is 2.40. The summed E-state index contributed by atoms with van der Waals surface area (Å²) < 4.78 is 32.5. The lowest BCUT2D eigenvalue weighted by molar-refractivity contribution is -0.154. The van der Waals surface area contributed by atoms with E-state index >= 15 is 0 Å². The van der Waals surface area contributed by atoms with Gasteiger partial charge in [-0.05, 0) is 60.8 Å². The molecule has 13 nitrogen and oxygen atoms in total. The fourth-order valence-corrected chi connectivity index (χ4v) is 6.07. The van der Waals surface area contributed by atoms with Gasteiger partial charge in [-0.1, -0.05) is 0 Å². The summed E-state index contributed by atoms with van der Waals surface area (Å²) in [6.45, 7) is 10.3. The third-order valence-electron chi connectivity index (χ3n) is 5.83. The number of nitrogens with one attached hydrogen (secondary N) is 2. The fourth-order valence-electron chi connectivity index (χ4n) is 3.68. The molecule has 1 fully saturated rings. The number of carbonyl (C=O) groups excluding carboxylic acids is 2. The van der Waals surface area contributed by atoms with E-state index in [1.807, 2.05) is 0 Å². The van der Waals surface area contributed by atoms with Crippen LogP contribution < -0.4 is 15.9 Å². The lowest BCUT2D eigenvalue weighted by Crippen LogP contribution is -2.51. The Kier molecular flexibility index (Phi) is 9.27. The van der Waals surface area contributed by atoms with Crippen LogP contribution in [0.15, 0.2) is 12.7 Å². The number of esters is 2. The quantitative estimate of drug-likeness (QED) is 0.251. The lowest BCUT2D eigenvalue weighted by atomic mass is 9.96. The summed E-state index contributed by atoms with van der Waals surface area (Å²) >= 11 is 0. The van der Waals surface area contributed by atoms with Gasteiger partial charge in [0.05, 0.1) is 25.1 Å². The van der Waals surface area contributed by atoms with Gasteiger partial charge < -0.3 is 24.5 Å². The van der Waals surface area contributed by atoms with Gasteiger partial charge >= 0.3 is 11.9 Å². The summed E-state index contributed by atoms with van der Waals surface area (Å²) in [6, 6.07) is -0.896. The number of fused-ring (bicyclic) bond motifs is 1. The van der Waals surface area contributed by atoms with E-state index in [2.05, 4.69) is 25.1 Å². The van der Waals surface area contributed by atoms with Crippen molar-refractivity contribution in [1.82, 2.24) is 29.7 Å². The normalized spacial score (nSPS) is 17.7. The Morgan fingerprint density at radius 1 is 1.22 bits per heavy atom. The van der Waals surface area contributed by atoms with E-state index in [-0.39, 0.29) is 24.4 Å². The zero-order valence-corrected chi connectivity index (χ0v) is 23.2. The van der Waals surface area contributed by atoms with Crippen LogP contribution >= 0.6 is 7.44 Å². The average molecular weight is 540 g/mol. The van der Waals surface area contributed by atoms with Crippen LogP contribution in [0.25, 0.3) is 11.2 Å². The first kappa shape index (κ1) is 29.0. The first-order chi connectivity index (χ1) is 17.3. The minimum absolute atomic E-state index is 0.110. The van der Waals surface area contributed by atoms with Gasteiger partial charge in [-0.15, -0.1) is 0 Å². The van der Waals surface area contributed by atoms with Crippen LogP contribution in [0.3, 0.4) is 0 Å². The van der Waals surface area contributed by atoms with Crippen LogP contribution in [0.5, 0.6) is 0 Å². The van der Waals surface area contributed by atoms with Gasteiger partial charge in [0.25, 0.3) is 0 Å². The Hall–Kier alpha value is -2.60. The zero-order valence-electron chi connectivity index (χ0n) is 22.3. The molecule has 3 rings (SSSR count). The molecule has 3 atom stereocenters. The minimum atomic E-state index is -3.68. The summed E-state index contributed by atoms with van der Waals surface area (Å²) in [5.41, 5.74) is 5.56. The number of nitrogens with zero attached hydrogens (tertiary/aromatic N) is 4. The van der Waals surface area contributed by atoms with E-state index in [0.717, 1.165) is 19.3 Å². The molecular formula is C23H38N7O6P. The highest BCUT2D eigenvalue weighted by atomic mass is 31.2. The van der Waals surface area contributed by atoms with Gasteiger partial charge in [0.1, 0.15) is 35.9 Å². The summed E-state index contributed by atoms with van der Waals surface area (Å²) in [5.74, 6) is -0.817. The lowest BCUT2D eigenvalue weighted by Gasteiger charge is -2.33. The molecule has 0 saturated heterocycles. The van der Waals surface area contributed by atoms with Crippen LogP contribution in [0, 0.1) is 0 Å². The number of aromatic nitrogens is 4. The molecule has 1 unspecified atom stereocenters. The van der Waals surface area contributed by atoms with Crippen LogP contribution in [0.2, 0.25) is 0 Å². The molecule has 1 aliphatic carbocycles. The van der Waals surface area contributed by atoms with Crippen LogP contribution in [0.1, 0.15) is 60.8 Å². The summed E-state index contributed by atoms with van der Waals surface area (Å²) in [7, 11) is -3.68. The first-order valence-electron chi connectivity index (χ1n) is 12.4. The van der Waals surface area contributed by atoms with Crippen molar-refractivity contribution in [2.45, 2.75) is 97.2 Å². The van der Waals surface area contributed by atoms with Gasteiger partial charge in [-0.25, -0.2) is 25.1 Å². The summed E-state index contributed by atoms with van der Waals surface area (Å²) in [6.07, 6.45) is 4.39. The molecule has 2 aromatic rings. The van der Waals surface area contributed by atoms with Gasteiger partial charge in [-0.2, -0.15) is 0 Å². The molecule has 1 saturated carbocycles. The van der Waals surface area contributed by atoms with Crippen molar-refractivity contribution in [3.63, 3.8) is 0 Å². The predicted octanol–water partition coefficient (Wildman–Crippen LogP) is 2.36. The number of nitrogen functional groups attached to an aromatic ring is 1. The number of hydrogen-bond acceptors (Lipinski definition) is 10. The number of rotatable bonds is 13. The van der Waals surface area contributed by atoms with E-state index < -0.39 is 37.1 Å². The second-order valence-corrected chi connectivity index (χ2v) is 12.4. The van der Waals surface area contributed by atoms with Crippen molar-refractivity contribution in [3.8, 4) is 0 Å². The van der Waals surface area contributed by atoms with Crippen LogP contribution in [-0.2, 0) is 34.9 Å². The molecule has 0 aliphatic heterocycles. The van der Waals surface area contributed by atoms with Crippen molar-refractivity contribution in [3.05, 3.63) is 12.7 Å². The summed E-state index contributed by atoms with van der Waals surface area (Å²) in [4.78, 5) is 37.6. The topological polar surface area (TPSA) is 173 Å². The van der Waals surface area contributed by atoms with Gasteiger partial charge in [0, 0.05) is 0 Å². The first-order valence-corrected chi connectivity index (χ1v) is 14.3. The van der Waals surface area contributed by atoms with Crippen molar-refractivity contribution in [2.75, 3.05) is 12.1 Å². The number of hydrogen-bond donors (Lipinski definition) is 3. The van der Waals surface area contributed by atoms with Crippen LogP contribution in [-0.4, -0.2) is 67.7 Å². The molecule has 37 heavy (non-hydrogen) atoms. The Morgan fingerprint density at radius 3 is 2.54 bits per heavy atom. The highest BCUT2D eigenvalue weighted by Crippen LogP contribution is 2.40. The largest absolute Gasteiger partial charge is 0.462 e. The molecule has 2 heterocycles. The third-order valence-corrected chi connectivity index (χ3v) is 8.07. The maximum atomic E-state index is 14.0. The number of ether oxygens (including phenoxy) is 3. The molecule has 2 aromatic heterocycles. The van der Waals surface area contributed by atoms with E-state index in [4.69, 9.17) is 19.9 Å². The maximum absolute atomic E-state index is 14.0. The standard InChI is InChI=1S/C23H38N7O6P/c1-14(2)35-22(32)23(5,6)29-37(33,28-16(4)21(31)36-17-8-7-9-17)13-34-15(3)10-30-12-27-18-19(24)25-11-26-20(18)30/h11-12,14-17H,7-10,13H2,1-6H3,(H2,24,25,26)(H2,28,29,33)/t15-,16-,37?/m1/s1. The second kappa shape index (κ2) is 11.8. The minimum Gasteiger partial charge on any atom is -0.462 e. The Balaban J connectivity index is 1.71. The third kappa shape index (κ3) is 7.70. The van der Waals surface area contributed by atoms with Gasteiger partial charge in [0.2, 0.25) is 7.44 Å². The average Bonchev–Trinajstić information content (AvgIpc) is 3.18. The number of anilines is 1. The Morgan fingerprint density at radius 2 is 1.92 bits per heavy atom. The van der Waals surface area contributed by atoms with Gasteiger partial charge in [-0.3, -0.25) is 14.2 Å². The highest BCUT2D eigenvalue weighted by molar-refractivity contribution is 7.59. The van der Waals surface area contributed by atoms with E-state index in [0.29, 0.717) is 17.7 Å². The molecule has 0 amide bonds. The Labute approximate surface area is 216 Å². The maximum Gasteiger partial charge on any atom is 0.326 e. The van der Waals surface area contributed by atoms with Crippen molar-refractivity contribution < 1.29 is 28.4 Å². The molecule has 1 aliphatic rings. The smallest absolute Gasteiger partial charge is 0.326 e. The molecule has 4 N–H and O–H groups in total. The van der Waals surface area contributed by atoms with Crippen molar-refractivity contribution in [1.29, 1.82) is 0 Å².